The van der Waals surface area contributed by atoms with Gasteiger partial charge in [-0.05, 0) is 62.6 Å². The molecule has 0 heterocycles. The highest BCUT2D eigenvalue weighted by Crippen LogP contribution is 2.33. The number of nitrogens with zero attached hydrogens (tertiary/aromatic N) is 1. The molecule has 1 amide bonds. The van der Waals surface area contributed by atoms with Crippen molar-refractivity contribution in [2.45, 2.75) is 64.6 Å². The number of rotatable bonds is 4. The number of aryl methyl sites for hydroxylation is 2. The van der Waals surface area contributed by atoms with E-state index in [1.807, 2.05) is 0 Å². The number of benzene rings is 1. The van der Waals surface area contributed by atoms with Gasteiger partial charge in [-0.2, -0.15) is 0 Å². The summed E-state index contributed by atoms with van der Waals surface area (Å²) in [5.41, 5.74) is 9.84. The first-order valence-electron chi connectivity index (χ1n) is 8.17. The van der Waals surface area contributed by atoms with Crippen molar-refractivity contribution in [2.75, 3.05) is 0 Å². The molecule has 2 fully saturated rings. The van der Waals surface area contributed by atoms with Crippen LogP contribution >= 0.6 is 0 Å². The van der Waals surface area contributed by atoms with Gasteiger partial charge >= 0.3 is 0 Å². The molecule has 2 saturated carbocycles. The molecule has 2 aliphatic rings. The largest absolute Gasteiger partial charge is 0.335 e. The van der Waals surface area contributed by atoms with Crippen LogP contribution in [-0.2, 0) is 11.3 Å². The maximum atomic E-state index is 12.8. The Hall–Kier alpha value is -1.35. The van der Waals surface area contributed by atoms with Gasteiger partial charge in [0, 0.05) is 24.5 Å². The Morgan fingerprint density at radius 2 is 1.95 bits per heavy atom. The van der Waals surface area contributed by atoms with E-state index in [9.17, 15) is 4.79 Å². The Labute approximate surface area is 127 Å². The predicted molar refractivity (Wildman–Crippen MR) is 84.8 cm³/mol. The number of hydrogen-bond donors (Lipinski definition) is 1. The Kier molecular flexibility index (Phi) is 4.03. The second-order valence-corrected chi connectivity index (χ2v) is 6.89. The summed E-state index contributed by atoms with van der Waals surface area (Å²) >= 11 is 0. The van der Waals surface area contributed by atoms with Gasteiger partial charge in [0.2, 0.25) is 5.91 Å². The third kappa shape index (κ3) is 3.29. The molecule has 0 saturated heterocycles. The van der Waals surface area contributed by atoms with E-state index in [4.69, 9.17) is 5.73 Å². The van der Waals surface area contributed by atoms with Crippen LogP contribution in [0, 0.1) is 19.8 Å². The predicted octanol–water partition coefficient (Wildman–Crippen LogP) is 2.92. The van der Waals surface area contributed by atoms with E-state index in [0.717, 1.165) is 38.6 Å². The lowest BCUT2D eigenvalue weighted by Crippen LogP contribution is -2.37. The molecular weight excluding hydrogens is 260 g/mol. The van der Waals surface area contributed by atoms with Gasteiger partial charge < -0.3 is 10.6 Å². The summed E-state index contributed by atoms with van der Waals surface area (Å²) in [6.07, 6.45) is 5.16. The zero-order valence-corrected chi connectivity index (χ0v) is 13.1. The molecule has 0 aromatic heterocycles. The fourth-order valence-corrected chi connectivity index (χ4v) is 3.35. The van der Waals surface area contributed by atoms with Crippen LogP contribution in [0.1, 0.15) is 48.8 Å². The molecule has 2 atom stereocenters. The van der Waals surface area contributed by atoms with Crippen LogP contribution < -0.4 is 5.73 Å². The van der Waals surface area contributed by atoms with Crippen molar-refractivity contribution in [1.29, 1.82) is 0 Å². The van der Waals surface area contributed by atoms with Gasteiger partial charge in [0.15, 0.2) is 0 Å². The first-order chi connectivity index (χ1) is 10.0. The number of carbonyl (C=O) groups is 1. The van der Waals surface area contributed by atoms with E-state index in [1.54, 1.807) is 0 Å². The summed E-state index contributed by atoms with van der Waals surface area (Å²) in [5.74, 6) is 0.496. The average molecular weight is 286 g/mol. The van der Waals surface area contributed by atoms with E-state index >= 15 is 0 Å². The minimum atomic E-state index is 0.159. The molecular formula is C18H26N2O. The van der Waals surface area contributed by atoms with Crippen molar-refractivity contribution >= 4 is 5.91 Å². The summed E-state index contributed by atoms with van der Waals surface area (Å²) in [7, 11) is 0. The maximum Gasteiger partial charge on any atom is 0.226 e. The fourth-order valence-electron chi connectivity index (χ4n) is 3.35. The van der Waals surface area contributed by atoms with Crippen molar-refractivity contribution < 1.29 is 4.79 Å². The molecule has 0 radical (unpaired) electrons. The Bertz CT molecular complexity index is 536. The van der Waals surface area contributed by atoms with Gasteiger partial charge in [-0.15, -0.1) is 0 Å². The lowest BCUT2D eigenvalue weighted by atomic mass is 10.0. The summed E-state index contributed by atoms with van der Waals surface area (Å²) in [4.78, 5) is 14.9. The average Bonchev–Trinajstić information content (AvgIpc) is 3.20. The molecule has 2 N–H and O–H groups in total. The zero-order chi connectivity index (χ0) is 15.0. The topological polar surface area (TPSA) is 46.3 Å². The smallest absolute Gasteiger partial charge is 0.226 e. The molecule has 21 heavy (non-hydrogen) atoms. The number of nitrogens with two attached hydrogens (primary N) is 1. The molecule has 0 spiro atoms. The van der Waals surface area contributed by atoms with E-state index in [0.29, 0.717) is 11.9 Å². The van der Waals surface area contributed by atoms with Gasteiger partial charge in [0.05, 0.1) is 0 Å². The summed E-state index contributed by atoms with van der Waals surface area (Å²) < 4.78 is 0. The van der Waals surface area contributed by atoms with Gasteiger partial charge in [0.1, 0.15) is 0 Å². The van der Waals surface area contributed by atoms with Crippen LogP contribution in [0.4, 0.5) is 0 Å². The van der Waals surface area contributed by atoms with Crippen LogP contribution in [0.2, 0.25) is 0 Å². The second kappa shape index (κ2) is 5.80. The third-order valence-electron chi connectivity index (χ3n) is 5.02. The van der Waals surface area contributed by atoms with E-state index < -0.39 is 0 Å². The molecule has 1 aromatic rings. The lowest BCUT2D eigenvalue weighted by molar-refractivity contribution is -0.136. The molecule has 1 aromatic carbocycles. The number of carbonyl (C=O) groups excluding carboxylic acids is 1. The normalized spacial score (nSPS) is 25.1. The Morgan fingerprint density at radius 3 is 2.52 bits per heavy atom. The van der Waals surface area contributed by atoms with E-state index in [2.05, 4.69) is 36.9 Å². The zero-order valence-electron chi connectivity index (χ0n) is 13.1. The molecule has 3 rings (SSSR count). The first kappa shape index (κ1) is 14.6. The Balaban J connectivity index is 1.72. The standard InChI is InChI=1S/C18H26N2O/c1-12-3-4-14(9-13(12)2)11-20(17-7-8-17)18(21)15-5-6-16(19)10-15/h3-4,9,15-17H,5-8,10-11,19H2,1-2H3. The molecule has 3 heteroatoms. The number of hydrogen-bond acceptors (Lipinski definition) is 2. The highest BCUT2D eigenvalue weighted by molar-refractivity contribution is 5.80. The van der Waals surface area contributed by atoms with Crippen molar-refractivity contribution in [2.24, 2.45) is 11.7 Å². The van der Waals surface area contributed by atoms with Gasteiger partial charge in [-0.1, -0.05) is 18.2 Å². The van der Waals surface area contributed by atoms with Crippen molar-refractivity contribution in [1.82, 2.24) is 4.90 Å². The quantitative estimate of drug-likeness (QED) is 0.925. The highest BCUT2D eigenvalue weighted by atomic mass is 16.2. The molecule has 0 bridgehead atoms. The first-order valence-corrected chi connectivity index (χ1v) is 8.17. The highest BCUT2D eigenvalue weighted by Gasteiger charge is 2.38. The molecule has 0 aliphatic heterocycles. The van der Waals surface area contributed by atoms with Crippen molar-refractivity contribution in [3.05, 3.63) is 34.9 Å². The van der Waals surface area contributed by atoms with Crippen LogP contribution in [0.3, 0.4) is 0 Å². The van der Waals surface area contributed by atoms with Crippen LogP contribution in [0.15, 0.2) is 18.2 Å². The molecule has 3 nitrogen and oxygen atoms in total. The summed E-state index contributed by atoms with van der Waals surface area (Å²) in [6.45, 7) is 5.03. The van der Waals surface area contributed by atoms with Crippen LogP contribution in [0.25, 0.3) is 0 Å². The van der Waals surface area contributed by atoms with Crippen LogP contribution in [0.5, 0.6) is 0 Å². The van der Waals surface area contributed by atoms with Gasteiger partial charge in [-0.3, -0.25) is 4.79 Å². The van der Waals surface area contributed by atoms with Crippen LogP contribution in [-0.4, -0.2) is 22.9 Å². The van der Waals surface area contributed by atoms with Gasteiger partial charge in [0.25, 0.3) is 0 Å². The summed E-state index contributed by atoms with van der Waals surface area (Å²) in [5, 5.41) is 0. The minimum Gasteiger partial charge on any atom is -0.335 e. The van der Waals surface area contributed by atoms with Crippen molar-refractivity contribution in [3.63, 3.8) is 0 Å². The molecule has 114 valence electrons. The fraction of sp³-hybridized carbons (Fsp3) is 0.611. The van der Waals surface area contributed by atoms with Crippen molar-refractivity contribution in [3.8, 4) is 0 Å². The van der Waals surface area contributed by atoms with Gasteiger partial charge in [-0.25, -0.2) is 0 Å². The monoisotopic (exact) mass is 286 g/mol. The Morgan fingerprint density at radius 1 is 1.19 bits per heavy atom. The van der Waals surface area contributed by atoms with E-state index in [1.165, 1.54) is 16.7 Å². The summed E-state index contributed by atoms with van der Waals surface area (Å²) in [6, 6.07) is 7.23. The minimum absolute atomic E-state index is 0.159. The van der Waals surface area contributed by atoms with E-state index in [-0.39, 0.29) is 12.0 Å². The number of amides is 1. The lowest BCUT2D eigenvalue weighted by Gasteiger charge is -2.26. The molecule has 2 aliphatic carbocycles. The maximum absolute atomic E-state index is 12.8. The second-order valence-electron chi connectivity index (χ2n) is 6.89. The molecule has 2 unspecified atom stereocenters. The third-order valence-corrected chi connectivity index (χ3v) is 5.02. The SMILES string of the molecule is Cc1ccc(CN(C(=O)C2CCC(N)C2)C2CC2)cc1C.